The Bertz CT molecular complexity index is 270. The van der Waals surface area contributed by atoms with E-state index in [0.29, 0.717) is 17.9 Å². The van der Waals surface area contributed by atoms with Crippen LogP contribution in [0.2, 0.25) is 0 Å². The summed E-state index contributed by atoms with van der Waals surface area (Å²) in [5.41, 5.74) is 0. The van der Waals surface area contributed by atoms with Crippen molar-refractivity contribution in [3.8, 4) is 11.8 Å². The van der Waals surface area contributed by atoms with E-state index in [9.17, 15) is 4.79 Å². The van der Waals surface area contributed by atoms with Gasteiger partial charge in [-0.05, 0) is 19.8 Å². The zero-order valence-corrected chi connectivity index (χ0v) is 8.75. The Morgan fingerprint density at radius 3 is 2.57 bits per heavy atom. The molecule has 2 bridgehead atoms. The first-order chi connectivity index (χ1) is 6.81. The first-order valence-corrected chi connectivity index (χ1v) is 5.48. The zero-order chi connectivity index (χ0) is 9.97. The minimum atomic E-state index is 0.468. The van der Waals surface area contributed by atoms with Gasteiger partial charge in [0.15, 0.2) is 0 Å². The maximum absolute atomic E-state index is 11.3. The quantitative estimate of drug-likeness (QED) is 0.618. The van der Waals surface area contributed by atoms with Crippen LogP contribution in [0.3, 0.4) is 0 Å². The van der Waals surface area contributed by atoms with Crippen LogP contribution in [-0.2, 0) is 4.79 Å². The Kier molecular flexibility index (Phi) is 2.88. The van der Waals surface area contributed by atoms with Gasteiger partial charge < -0.3 is 0 Å². The lowest BCUT2D eigenvalue weighted by Gasteiger charge is -2.33. The molecule has 0 N–H and O–H groups in total. The minimum absolute atomic E-state index is 0.468. The molecule has 2 fully saturated rings. The Morgan fingerprint density at radius 2 is 2.00 bits per heavy atom. The predicted molar refractivity (Wildman–Crippen MR) is 55.8 cm³/mol. The molecule has 14 heavy (non-hydrogen) atoms. The highest BCUT2D eigenvalue weighted by molar-refractivity contribution is 5.80. The molecule has 2 aliphatic heterocycles. The number of carbonyl (C=O) groups is 1. The van der Waals surface area contributed by atoms with Gasteiger partial charge in [0.25, 0.3) is 0 Å². The van der Waals surface area contributed by atoms with Crippen molar-refractivity contribution in [2.75, 3.05) is 6.54 Å². The number of carbonyl (C=O) groups excluding carboxylic acids is 1. The third kappa shape index (κ3) is 1.83. The Morgan fingerprint density at radius 1 is 1.36 bits per heavy atom. The lowest BCUT2D eigenvalue weighted by molar-refractivity contribution is -0.123. The number of Topliss-reactive ketones (excluding diaryl/α,β-unsaturated/α-hetero) is 1. The van der Waals surface area contributed by atoms with Crippen molar-refractivity contribution in [1.29, 1.82) is 0 Å². The highest BCUT2D eigenvalue weighted by atomic mass is 16.1. The van der Waals surface area contributed by atoms with Crippen LogP contribution in [0.4, 0.5) is 0 Å². The summed E-state index contributed by atoms with van der Waals surface area (Å²) in [6.45, 7) is 2.94. The third-order valence-corrected chi connectivity index (χ3v) is 3.37. The molecule has 2 rings (SSSR count). The van der Waals surface area contributed by atoms with E-state index in [1.165, 1.54) is 12.8 Å². The molecule has 0 aliphatic carbocycles. The smallest absolute Gasteiger partial charge is 0.136 e. The summed E-state index contributed by atoms with van der Waals surface area (Å²) in [4.78, 5) is 13.9. The molecule has 2 aliphatic rings. The number of piperidine rings is 1. The van der Waals surface area contributed by atoms with Gasteiger partial charge in [0.2, 0.25) is 0 Å². The maximum Gasteiger partial charge on any atom is 0.136 e. The van der Waals surface area contributed by atoms with Gasteiger partial charge in [-0.1, -0.05) is 0 Å². The van der Waals surface area contributed by atoms with Crippen LogP contribution >= 0.6 is 0 Å². The van der Waals surface area contributed by atoms with E-state index in [1.807, 2.05) is 6.92 Å². The standard InChI is InChI=1S/C12H17NO/c1-2-3-4-7-13-10-5-6-11(13)9-12(14)8-10/h10-11H,4-9H2,1H3. The summed E-state index contributed by atoms with van der Waals surface area (Å²) in [5, 5.41) is 0. The molecule has 2 nitrogen and oxygen atoms in total. The van der Waals surface area contributed by atoms with Gasteiger partial charge in [0.1, 0.15) is 5.78 Å². The SMILES string of the molecule is CC#CCCN1C2CCC1CC(=O)C2. The summed E-state index contributed by atoms with van der Waals surface area (Å²) < 4.78 is 0. The molecular weight excluding hydrogens is 174 g/mol. The molecular formula is C12H17NO. The van der Waals surface area contributed by atoms with Gasteiger partial charge in [-0.3, -0.25) is 9.69 Å². The summed E-state index contributed by atoms with van der Waals surface area (Å²) >= 11 is 0. The van der Waals surface area contributed by atoms with E-state index in [0.717, 1.165) is 25.8 Å². The molecule has 0 amide bonds. The summed E-state index contributed by atoms with van der Waals surface area (Å²) in [6, 6.07) is 1.08. The summed E-state index contributed by atoms with van der Waals surface area (Å²) in [6.07, 6.45) is 4.97. The van der Waals surface area contributed by atoms with Crippen LogP contribution in [0, 0.1) is 11.8 Å². The topological polar surface area (TPSA) is 20.3 Å². The predicted octanol–water partition coefficient (Wildman–Crippen LogP) is 1.60. The van der Waals surface area contributed by atoms with E-state index in [2.05, 4.69) is 16.7 Å². The van der Waals surface area contributed by atoms with E-state index < -0.39 is 0 Å². The lowest BCUT2D eigenvalue weighted by Crippen LogP contribution is -2.43. The number of nitrogens with zero attached hydrogens (tertiary/aromatic N) is 1. The minimum Gasteiger partial charge on any atom is -0.300 e. The molecule has 2 heteroatoms. The molecule has 0 aromatic carbocycles. The average Bonchev–Trinajstić information content (AvgIpc) is 2.42. The lowest BCUT2D eigenvalue weighted by atomic mass is 10.0. The van der Waals surface area contributed by atoms with E-state index >= 15 is 0 Å². The van der Waals surface area contributed by atoms with Gasteiger partial charge in [-0.2, -0.15) is 0 Å². The Balaban J connectivity index is 1.92. The molecule has 2 heterocycles. The van der Waals surface area contributed by atoms with Crippen LogP contribution in [0.25, 0.3) is 0 Å². The maximum atomic E-state index is 11.3. The Hall–Kier alpha value is -0.810. The van der Waals surface area contributed by atoms with Gasteiger partial charge in [-0.25, -0.2) is 0 Å². The van der Waals surface area contributed by atoms with Crippen LogP contribution in [0.5, 0.6) is 0 Å². The number of fused-ring (bicyclic) bond motifs is 2. The highest BCUT2D eigenvalue weighted by Crippen LogP contribution is 2.33. The van der Waals surface area contributed by atoms with Gasteiger partial charge in [-0.15, -0.1) is 11.8 Å². The van der Waals surface area contributed by atoms with Crippen LogP contribution in [0.15, 0.2) is 0 Å². The average molecular weight is 191 g/mol. The van der Waals surface area contributed by atoms with Gasteiger partial charge in [0, 0.05) is 37.9 Å². The molecule has 0 aromatic heterocycles. The van der Waals surface area contributed by atoms with Crippen molar-refractivity contribution >= 4 is 5.78 Å². The second-order valence-corrected chi connectivity index (χ2v) is 4.25. The van der Waals surface area contributed by atoms with Crippen molar-refractivity contribution in [2.45, 2.75) is 51.1 Å². The molecule has 0 saturated carbocycles. The fourth-order valence-corrected chi connectivity index (χ4v) is 2.74. The molecule has 2 unspecified atom stereocenters. The monoisotopic (exact) mass is 191 g/mol. The van der Waals surface area contributed by atoms with Crippen molar-refractivity contribution in [1.82, 2.24) is 4.90 Å². The highest BCUT2D eigenvalue weighted by Gasteiger charge is 2.39. The van der Waals surface area contributed by atoms with Crippen molar-refractivity contribution in [3.05, 3.63) is 0 Å². The van der Waals surface area contributed by atoms with Crippen LogP contribution < -0.4 is 0 Å². The van der Waals surface area contributed by atoms with Crippen molar-refractivity contribution in [2.24, 2.45) is 0 Å². The molecule has 0 spiro atoms. The van der Waals surface area contributed by atoms with Crippen molar-refractivity contribution < 1.29 is 4.79 Å². The first-order valence-electron chi connectivity index (χ1n) is 5.48. The zero-order valence-electron chi connectivity index (χ0n) is 8.75. The fraction of sp³-hybridized carbons (Fsp3) is 0.750. The second kappa shape index (κ2) is 4.14. The molecule has 0 radical (unpaired) electrons. The fourth-order valence-electron chi connectivity index (χ4n) is 2.74. The third-order valence-electron chi connectivity index (χ3n) is 3.37. The number of ketones is 1. The summed E-state index contributed by atoms with van der Waals surface area (Å²) in [5.74, 6) is 6.49. The van der Waals surface area contributed by atoms with E-state index in [4.69, 9.17) is 0 Å². The number of hydrogen-bond donors (Lipinski definition) is 0. The number of rotatable bonds is 2. The van der Waals surface area contributed by atoms with Gasteiger partial charge >= 0.3 is 0 Å². The first kappa shape index (κ1) is 9.73. The molecule has 0 aromatic rings. The number of hydrogen-bond acceptors (Lipinski definition) is 2. The summed E-state index contributed by atoms with van der Waals surface area (Å²) in [7, 11) is 0. The van der Waals surface area contributed by atoms with Crippen LogP contribution in [-0.4, -0.2) is 29.3 Å². The molecule has 2 saturated heterocycles. The van der Waals surface area contributed by atoms with E-state index in [1.54, 1.807) is 0 Å². The Labute approximate surface area is 85.7 Å². The van der Waals surface area contributed by atoms with Gasteiger partial charge in [0.05, 0.1) is 0 Å². The second-order valence-electron chi connectivity index (χ2n) is 4.25. The van der Waals surface area contributed by atoms with Crippen LogP contribution in [0.1, 0.15) is 39.0 Å². The largest absolute Gasteiger partial charge is 0.300 e. The van der Waals surface area contributed by atoms with E-state index in [-0.39, 0.29) is 0 Å². The molecule has 76 valence electrons. The normalized spacial score (nSPS) is 31.4. The van der Waals surface area contributed by atoms with Crippen molar-refractivity contribution in [3.63, 3.8) is 0 Å². The molecule has 2 atom stereocenters.